The molecule has 2 aromatic rings. The molecule has 0 radical (unpaired) electrons. The number of benzene rings is 1. The third-order valence-corrected chi connectivity index (χ3v) is 4.44. The molecular weight excluding hydrogens is 312 g/mol. The van der Waals surface area contributed by atoms with Gasteiger partial charge in [0.2, 0.25) is 0 Å². The van der Waals surface area contributed by atoms with Gasteiger partial charge in [-0.1, -0.05) is 0 Å². The van der Waals surface area contributed by atoms with Crippen LogP contribution in [-0.2, 0) is 16.6 Å². The molecule has 0 atom stereocenters. The summed E-state index contributed by atoms with van der Waals surface area (Å²) in [5, 5.41) is 0. The zero-order valence-corrected chi connectivity index (χ0v) is 13.8. The number of aromatic nitrogens is 1. The van der Waals surface area contributed by atoms with Crippen LogP contribution in [-0.4, -0.2) is 41.0 Å². The SMILES string of the molecule is CCOC(=O)C1CCN(C(=O)c2ccc3oc(=O)n(C)c3c2)CC1. The Morgan fingerprint density at radius 1 is 1.29 bits per heavy atom. The van der Waals surface area contributed by atoms with Crippen molar-refractivity contribution in [2.24, 2.45) is 13.0 Å². The van der Waals surface area contributed by atoms with Crippen molar-refractivity contribution in [1.82, 2.24) is 9.47 Å². The number of likely N-dealkylation sites (tertiary alicyclic amines) is 1. The molecule has 1 aliphatic heterocycles. The fourth-order valence-corrected chi connectivity index (χ4v) is 3.02. The molecule has 1 amide bonds. The molecule has 0 N–H and O–H groups in total. The van der Waals surface area contributed by atoms with Crippen molar-refractivity contribution < 1.29 is 18.7 Å². The average molecular weight is 332 g/mol. The molecular formula is C17H20N2O5. The molecule has 7 heteroatoms. The third-order valence-electron chi connectivity index (χ3n) is 4.44. The van der Waals surface area contributed by atoms with Gasteiger partial charge in [0.15, 0.2) is 5.58 Å². The summed E-state index contributed by atoms with van der Waals surface area (Å²) in [4.78, 5) is 37.7. The van der Waals surface area contributed by atoms with Gasteiger partial charge in [-0.15, -0.1) is 0 Å². The number of rotatable bonds is 3. The Morgan fingerprint density at radius 3 is 2.67 bits per heavy atom. The fraction of sp³-hybridized carbons (Fsp3) is 0.471. The largest absolute Gasteiger partial charge is 0.466 e. The van der Waals surface area contributed by atoms with Gasteiger partial charge in [-0.3, -0.25) is 14.2 Å². The van der Waals surface area contributed by atoms with Gasteiger partial charge in [0.1, 0.15) is 0 Å². The molecule has 0 unspecified atom stereocenters. The molecule has 2 heterocycles. The second kappa shape index (κ2) is 6.51. The van der Waals surface area contributed by atoms with Crippen LogP contribution in [0, 0.1) is 5.92 Å². The number of hydrogen-bond donors (Lipinski definition) is 0. The number of esters is 1. The molecule has 0 saturated carbocycles. The topological polar surface area (TPSA) is 81.8 Å². The van der Waals surface area contributed by atoms with Crippen LogP contribution in [0.1, 0.15) is 30.1 Å². The first kappa shape index (κ1) is 16.3. The lowest BCUT2D eigenvalue weighted by atomic mass is 9.96. The maximum atomic E-state index is 12.7. The summed E-state index contributed by atoms with van der Waals surface area (Å²) >= 11 is 0. The van der Waals surface area contributed by atoms with Crippen molar-refractivity contribution in [3.8, 4) is 0 Å². The highest BCUT2D eigenvalue weighted by molar-refractivity contribution is 5.97. The monoisotopic (exact) mass is 332 g/mol. The average Bonchev–Trinajstić information content (AvgIpc) is 2.88. The summed E-state index contributed by atoms with van der Waals surface area (Å²) in [5.41, 5.74) is 1.56. The Bertz CT molecular complexity index is 827. The van der Waals surface area contributed by atoms with E-state index in [1.165, 1.54) is 4.57 Å². The van der Waals surface area contributed by atoms with Gasteiger partial charge in [0, 0.05) is 25.7 Å². The maximum absolute atomic E-state index is 12.7. The van der Waals surface area contributed by atoms with Crippen LogP contribution in [0.15, 0.2) is 27.4 Å². The highest BCUT2D eigenvalue weighted by atomic mass is 16.5. The van der Waals surface area contributed by atoms with Crippen LogP contribution in [0.2, 0.25) is 0 Å². The van der Waals surface area contributed by atoms with Gasteiger partial charge in [-0.05, 0) is 38.0 Å². The fourth-order valence-electron chi connectivity index (χ4n) is 3.02. The predicted octanol–water partition coefficient (Wildman–Crippen LogP) is 1.55. The molecule has 128 valence electrons. The van der Waals surface area contributed by atoms with Crippen LogP contribution in [0.3, 0.4) is 0 Å². The maximum Gasteiger partial charge on any atom is 0.419 e. The first-order valence-corrected chi connectivity index (χ1v) is 8.06. The quantitative estimate of drug-likeness (QED) is 0.797. The number of oxazole rings is 1. The van der Waals surface area contributed by atoms with Crippen molar-refractivity contribution in [3.05, 3.63) is 34.3 Å². The van der Waals surface area contributed by atoms with Crippen molar-refractivity contribution in [2.75, 3.05) is 19.7 Å². The van der Waals surface area contributed by atoms with Crippen molar-refractivity contribution >= 4 is 23.0 Å². The Hall–Kier alpha value is -2.57. The molecule has 1 saturated heterocycles. The Balaban J connectivity index is 1.72. The van der Waals surface area contributed by atoms with Crippen LogP contribution in [0.25, 0.3) is 11.1 Å². The second-order valence-electron chi connectivity index (χ2n) is 5.93. The van der Waals surface area contributed by atoms with E-state index >= 15 is 0 Å². The smallest absolute Gasteiger partial charge is 0.419 e. The molecule has 0 spiro atoms. The number of fused-ring (bicyclic) bond motifs is 1. The zero-order valence-electron chi connectivity index (χ0n) is 13.8. The van der Waals surface area contributed by atoms with Crippen LogP contribution in [0.5, 0.6) is 0 Å². The minimum absolute atomic E-state index is 0.104. The molecule has 1 aliphatic rings. The molecule has 7 nitrogen and oxygen atoms in total. The van der Waals surface area contributed by atoms with E-state index in [1.54, 1.807) is 37.1 Å². The summed E-state index contributed by atoms with van der Waals surface area (Å²) in [6, 6.07) is 4.96. The highest BCUT2D eigenvalue weighted by Gasteiger charge is 2.28. The summed E-state index contributed by atoms with van der Waals surface area (Å²) in [6.07, 6.45) is 1.22. The van der Waals surface area contributed by atoms with E-state index in [0.717, 1.165) is 0 Å². The predicted molar refractivity (Wildman–Crippen MR) is 86.7 cm³/mol. The van der Waals surface area contributed by atoms with E-state index in [9.17, 15) is 14.4 Å². The highest BCUT2D eigenvalue weighted by Crippen LogP contribution is 2.22. The molecule has 24 heavy (non-hydrogen) atoms. The molecule has 1 aromatic heterocycles. The molecule has 3 rings (SSSR count). The lowest BCUT2D eigenvalue weighted by Gasteiger charge is -2.31. The number of carbonyl (C=O) groups is 2. The van der Waals surface area contributed by atoms with E-state index in [1.807, 2.05) is 0 Å². The minimum atomic E-state index is -0.454. The summed E-state index contributed by atoms with van der Waals surface area (Å²) < 4.78 is 11.5. The molecule has 0 bridgehead atoms. The third kappa shape index (κ3) is 2.93. The zero-order chi connectivity index (χ0) is 17.3. The lowest BCUT2D eigenvalue weighted by molar-refractivity contribution is -0.149. The molecule has 1 fully saturated rings. The molecule has 1 aromatic carbocycles. The second-order valence-corrected chi connectivity index (χ2v) is 5.93. The normalized spacial score (nSPS) is 15.7. The van der Waals surface area contributed by atoms with E-state index in [4.69, 9.17) is 9.15 Å². The summed E-state index contributed by atoms with van der Waals surface area (Å²) in [5.74, 6) is -0.872. The number of piperidine rings is 1. The van der Waals surface area contributed by atoms with Gasteiger partial charge >= 0.3 is 11.7 Å². The Labute approximate surface area is 138 Å². The van der Waals surface area contributed by atoms with Gasteiger partial charge in [-0.25, -0.2) is 4.79 Å². The van der Waals surface area contributed by atoms with Crippen LogP contribution >= 0.6 is 0 Å². The van der Waals surface area contributed by atoms with Crippen LogP contribution < -0.4 is 5.76 Å². The molecule has 0 aliphatic carbocycles. The van der Waals surface area contributed by atoms with E-state index in [0.29, 0.717) is 49.2 Å². The van der Waals surface area contributed by atoms with E-state index < -0.39 is 5.76 Å². The number of hydrogen-bond acceptors (Lipinski definition) is 5. The van der Waals surface area contributed by atoms with E-state index in [-0.39, 0.29) is 17.8 Å². The summed E-state index contributed by atoms with van der Waals surface area (Å²) in [6.45, 7) is 3.20. The number of carbonyl (C=O) groups excluding carboxylic acids is 2. The van der Waals surface area contributed by atoms with Crippen LogP contribution in [0.4, 0.5) is 0 Å². The van der Waals surface area contributed by atoms with Gasteiger partial charge in [0.05, 0.1) is 18.0 Å². The standard InChI is InChI=1S/C17H20N2O5/c1-3-23-16(21)11-6-8-19(9-7-11)15(20)12-4-5-14-13(10-12)18(2)17(22)24-14/h4-5,10-11H,3,6-9H2,1-2H3. The Kier molecular flexibility index (Phi) is 4.42. The van der Waals surface area contributed by atoms with Gasteiger partial charge < -0.3 is 14.1 Å². The summed E-state index contributed by atoms with van der Waals surface area (Å²) in [7, 11) is 1.60. The lowest BCUT2D eigenvalue weighted by Crippen LogP contribution is -2.40. The van der Waals surface area contributed by atoms with E-state index in [2.05, 4.69) is 0 Å². The van der Waals surface area contributed by atoms with Crippen molar-refractivity contribution in [2.45, 2.75) is 19.8 Å². The number of ether oxygens (including phenoxy) is 1. The van der Waals surface area contributed by atoms with Gasteiger partial charge in [0.25, 0.3) is 5.91 Å². The minimum Gasteiger partial charge on any atom is -0.466 e. The first-order chi connectivity index (χ1) is 11.5. The van der Waals surface area contributed by atoms with Gasteiger partial charge in [-0.2, -0.15) is 0 Å². The Morgan fingerprint density at radius 2 is 2.00 bits per heavy atom. The van der Waals surface area contributed by atoms with Crippen molar-refractivity contribution in [1.29, 1.82) is 0 Å². The van der Waals surface area contributed by atoms with Crippen molar-refractivity contribution in [3.63, 3.8) is 0 Å². The number of nitrogens with zero attached hydrogens (tertiary/aromatic N) is 2. The number of amides is 1. The number of aryl methyl sites for hydroxylation is 1. The first-order valence-electron chi connectivity index (χ1n) is 8.06.